The summed E-state index contributed by atoms with van der Waals surface area (Å²) in [6.45, 7) is 11.1. The second-order valence-electron chi connectivity index (χ2n) is 3.73. The number of aromatic nitrogens is 1. The molecule has 0 aromatic carbocycles. The number of nitrogens with one attached hydrogen (secondary N) is 1. The van der Waals surface area contributed by atoms with Crippen molar-refractivity contribution in [3.8, 4) is 0 Å². The lowest BCUT2D eigenvalue weighted by molar-refractivity contribution is 0.528. The van der Waals surface area contributed by atoms with E-state index < -0.39 is 0 Å². The minimum atomic E-state index is 0.484. The Hall–Kier alpha value is -0.670. The van der Waals surface area contributed by atoms with Crippen molar-refractivity contribution < 1.29 is 0 Å². The molecule has 1 aromatic rings. The molecule has 15 heavy (non-hydrogen) atoms. The van der Waals surface area contributed by atoms with Gasteiger partial charge in [0.2, 0.25) is 0 Å². The SMILES string of the molecule is C=CCC(Cc1nc(C)c(C)s1)NCC. The highest BCUT2D eigenvalue weighted by Gasteiger charge is 2.10. The highest BCUT2D eigenvalue weighted by atomic mass is 32.1. The first-order valence-corrected chi connectivity index (χ1v) is 6.26. The van der Waals surface area contributed by atoms with Gasteiger partial charge in [-0.2, -0.15) is 0 Å². The minimum Gasteiger partial charge on any atom is -0.314 e. The summed E-state index contributed by atoms with van der Waals surface area (Å²) in [5.74, 6) is 0. The first kappa shape index (κ1) is 12.4. The molecule has 0 radical (unpaired) electrons. The summed E-state index contributed by atoms with van der Waals surface area (Å²) < 4.78 is 0. The summed E-state index contributed by atoms with van der Waals surface area (Å²) in [5.41, 5.74) is 1.17. The molecule has 0 spiro atoms. The van der Waals surface area contributed by atoms with E-state index in [0.717, 1.165) is 19.4 Å². The minimum absolute atomic E-state index is 0.484. The number of rotatable bonds is 6. The Labute approximate surface area is 96.4 Å². The van der Waals surface area contributed by atoms with E-state index in [2.05, 4.69) is 37.7 Å². The molecule has 1 heterocycles. The molecule has 0 aliphatic heterocycles. The number of hydrogen-bond donors (Lipinski definition) is 1. The van der Waals surface area contributed by atoms with Gasteiger partial charge in [0.15, 0.2) is 0 Å². The quantitative estimate of drug-likeness (QED) is 0.752. The zero-order valence-electron chi connectivity index (χ0n) is 9.84. The number of nitrogens with zero attached hydrogens (tertiary/aromatic N) is 1. The summed E-state index contributed by atoms with van der Waals surface area (Å²) in [5, 5.41) is 4.69. The maximum absolute atomic E-state index is 4.56. The Morgan fingerprint density at radius 2 is 2.27 bits per heavy atom. The molecule has 0 bridgehead atoms. The van der Waals surface area contributed by atoms with Crippen LogP contribution in [0.15, 0.2) is 12.7 Å². The fourth-order valence-electron chi connectivity index (χ4n) is 1.57. The van der Waals surface area contributed by atoms with Crippen LogP contribution in [0.2, 0.25) is 0 Å². The van der Waals surface area contributed by atoms with Crippen molar-refractivity contribution in [2.75, 3.05) is 6.54 Å². The smallest absolute Gasteiger partial charge is 0.0946 e. The van der Waals surface area contributed by atoms with Crippen molar-refractivity contribution in [2.45, 2.75) is 39.7 Å². The summed E-state index contributed by atoms with van der Waals surface area (Å²) >= 11 is 1.81. The van der Waals surface area contributed by atoms with Gasteiger partial charge in [-0.05, 0) is 26.8 Å². The molecule has 1 rings (SSSR count). The lowest BCUT2D eigenvalue weighted by Crippen LogP contribution is -2.30. The maximum atomic E-state index is 4.56. The lowest BCUT2D eigenvalue weighted by Gasteiger charge is -2.13. The predicted octanol–water partition coefficient (Wildman–Crippen LogP) is 2.86. The fraction of sp³-hybridized carbons (Fsp3) is 0.583. The van der Waals surface area contributed by atoms with E-state index in [1.807, 2.05) is 17.4 Å². The largest absolute Gasteiger partial charge is 0.314 e. The Balaban J connectivity index is 2.60. The zero-order chi connectivity index (χ0) is 11.3. The standard InChI is InChI=1S/C12H20N2S/c1-5-7-11(13-6-2)8-12-14-9(3)10(4)15-12/h5,11,13H,1,6-8H2,2-4H3. The molecule has 0 fully saturated rings. The molecule has 0 saturated carbocycles. The predicted molar refractivity (Wildman–Crippen MR) is 67.6 cm³/mol. The van der Waals surface area contributed by atoms with E-state index in [4.69, 9.17) is 0 Å². The van der Waals surface area contributed by atoms with Crippen molar-refractivity contribution in [1.29, 1.82) is 0 Å². The maximum Gasteiger partial charge on any atom is 0.0946 e. The van der Waals surface area contributed by atoms with Crippen molar-refractivity contribution >= 4 is 11.3 Å². The van der Waals surface area contributed by atoms with E-state index in [1.165, 1.54) is 15.6 Å². The van der Waals surface area contributed by atoms with Gasteiger partial charge in [-0.1, -0.05) is 13.0 Å². The van der Waals surface area contributed by atoms with Gasteiger partial charge in [-0.25, -0.2) is 4.98 Å². The van der Waals surface area contributed by atoms with Crippen LogP contribution in [0.3, 0.4) is 0 Å². The Kier molecular flexibility index (Phi) is 4.99. The molecule has 0 saturated heterocycles. The number of thiazole rings is 1. The summed E-state index contributed by atoms with van der Waals surface area (Å²) in [6, 6.07) is 0.484. The second kappa shape index (κ2) is 6.03. The average molecular weight is 224 g/mol. The van der Waals surface area contributed by atoms with Gasteiger partial charge in [0.05, 0.1) is 10.7 Å². The third kappa shape index (κ3) is 3.76. The van der Waals surface area contributed by atoms with E-state index in [1.54, 1.807) is 0 Å². The lowest BCUT2D eigenvalue weighted by atomic mass is 10.1. The summed E-state index contributed by atoms with van der Waals surface area (Å²) in [7, 11) is 0. The van der Waals surface area contributed by atoms with E-state index >= 15 is 0 Å². The molecule has 1 aromatic heterocycles. The van der Waals surface area contributed by atoms with Crippen LogP contribution < -0.4 is 5.32 Å². The van der Waals surface area contributed by atoms with Crippen LogP contribution in [0.1, 0.15) is 28.9 Å². The third-order valence-electron chi connectivity index (χ3n) is 2.44. The summed E-state index contributed by atoms with van der Waals surface area (Å²) in [4.78, 5) is 5.89. The molecule has 1 atom stereocenters. The molecule has 0 amide bonds. The van der Waals surface area contributed by atoms with Crippen LogP contribution in [0.4, 0.5) is 0 Å². The number of likely N-dealkylation sites (N-methyl/N-ethyl adjacent to an activating group) is 1. The molecular weight excluding hydrogens is 204 g/mol. The molecule has 0 aliphatic rings. The molecule has 3 heteroatoms. The van der Waals surface area contributed by atoms with Gasteiger partial charge in [0, 0.05) is 17.3 Å². The molecular formula is C12H20N2S. The zero-order valence-corrected chi connectivity index (χ0v) is 10.7. The second-order valence-corrected chi connectivity index (χ2v) is 5.02. The molecule has 1 N–H and O–H groups in total. The van der Waals surface area contributed by atoms with Crippen LogP contribution in [0, 0.1) is 13.8 Å². The summed E-state index contributed by atoms with van der Waals surface area (Å²) in [6.07, 6.45) is 3.99. The van der Waals surface area contributed by atoms with Crippen molar-refractivity contribution in [2.24, 2.45) is 0 Å². The Bertz CT molecular complexity index is 298. The highest BCUT2D eigenvalue weighted by Crippen LogP contribution is 2.18. The van der Waals surface area contributed by atoms with Gasteiger partial charge in [-0.15, -0.1) is 17.9 Å². The van der Waals surface area contributed by atoms with Crippen molar-refractivity contribution in [3.05, 3.63) is 28.2 Å². The Morgan fingerprint density at radius 3 is 2.73 bits per heavy atom. The molecule has 84 valence electrons. The van der Waals surface area contributed by atoms with E-state index in [0.29, 0.717) is 6.04 Å². The normalized spacial score (nSPS) is 12.7. The van der Waals surface area contributed by atoms with Gasteiger partial charge in [0.1, 0.15) is 0 Å². The number of hydrogen-bond acceptors (Lipinski definition) is 3. The molecule has 1 unspecified atom stereocenters. The highest BCUT2D eigenvalue weighted by molar-refractivity contribution is 7.11. The molecule has 2 nitrogen and oxygen atoms in total. The van der Waals surface area contributed by atoms with Gasteiger partial charge in [0.25, 0.3) is 0 Å². The molecule has 0 aliphatic carbocycles. The van der Waals surface area contributed by atoms with Crippen LogP contribution in [-0.4, -0.2) is 17.6 Å². The van der Waals surface area contributed by atoms with E-state index in [-0.39, 0.29) is 0 Å². The first-order valence-electron chi connectivity index (χ1n) is 5.44. The third-order valence-corrected chi connectivity index (χ3v) is 3.53. The Morgan fingerprint density at radius 1 is 1.53 bits per heavy atom. The van der Waals surface area contributed by atoms with E-state index in [9.17, 15) is 0 Å². The van der Waals surface area contributed by atoms with Crippen LogP contribution in [0.25, 0.3) is 0 Å². The van der Waals surface area contributed by atoms with Gasteiger partial charge in [-0.3, -0.25) is 0 Å². The van der Waals surface area contributed by atoms with Gasteiger partial charge >= 0.3 is 0 Å². The van der Waals surface area contributed by atoms with Crippen molar-refractivity contribution in [1.82, 2.24) is 10.3 Å². The fourth-order valence-corrected chi connectivity index (χ4v) is 2.58. The van der Waals surface area contributed by atoms with Gasteiger partial charge < -0.3 is 5.32 Å². The number of aryl methyl sites for hydroxylation is 2. The topological polar surface area (TPSA) is 24.9 Å². The van der Waals surface area contributed by atoms with Crippen LogP contribution in [-0.2, 0) is 6.42 Å². The monoisotopic (exact) mass is 224 g/mol. The average Bonchev–Trinajstić information content (AvgIpc) is 2.47. The first-order chi connectivity index (χ1) is 7.17. The van der Waals surface area contributed by atoms with Crippen molar-refractivity contribution in [3.63, 3.8) is 0 Å². The van der Waals surface area contributed by atoms with Crippen LogP contribution in [0.5, 0.6) is 0 Å². The van der Waals surface area contributed by atoms with Crippen LogP contribution >= 0.6 is 11.3 Å².